The first-order chi connectivity index (χ1) is 20.6. The van der Waals surface area contributed by atoms with E-state index < -0.39 is 26.1 Å². The molecule has 8 heteroatoms. The quantitative estimate of drug-likeness (QED) is 0.181. The number of esters is 2. The van der Waals surface area contributed by atoms with Crippen LogP contribution in [0.2, 0.25) is 26.2 Å². The summed E-state index contributed by atoms with van der Waals surface area (Å²) in [5.41, 5.74) is 1.98. The highest BCUT2D eigenvalue weighted by Crippen LogP contribution is 2.40. The third kappa shape index (κ3) is 24.9. The maximum atomic E-state index is 10.8. The topological polar surface area (TPSA) is 102 Å². The molecule has 7 nitrogen and oxygen atoms in total. The van der Waals surface area contributed by atoms with Crippen LogP contribution in [-0.2, 0) is 29.2 Å². The van der Waals surface area contributed by atoms with Crippen LogP contribution in [-0.4, -0.2) is 61.8 Å². The number of hydrogen-bond donors (Lipinski definition) is 2. The number of phenolic OH excluding ortho intramolecular Hbond substituents is 1. The molecule has 0 amide bonds. The van der Waals surface area contributed by atoms with Gasteiger partial charge < -0.3 is 24.4 Å². The van der Waals surface area contributed by atoms with Gasteiger partial charge in [-0.25, -0.2) is 0 Å². The van der Waals surface area contributed by atoms with E-state index in [2.05, 4.69) is 67.7 Å². The van der Waals surface area contributed by atoms with E-state index in [1.807, 2.05) is 26.0 Å². The van der Waals surface area contributed by atoms with E-state index in [0.717, 1.165) is 31.6 Å². The Morgan fingerprint density at radius 2 is 1.36 bits per heavy atom. The molecule has 0 bridgehead atoms. The fourth-order valence-electron chi connectivity index (χ4n) is 4.21. The van der Waals surface area contributed by atoms with Crippen molar-refractivity contribution in [2.45, 2.75) is 164 Å². The number of aliphatic hydroxyl groups excluding tert-OH is 1. The van der Waals surface area contributed by atoms with E-state index in [4.69, 9.17) is 19.3 Å². The highest BCUT2D eigenvalue weighted by atomic mass is 28.3. The highest BCUT2D eigenvalue weighted by Gasteiger charge is 2.31. The predicted octanol–water partition coefficient (Wildman–Crippen LogP) is 9.30. The lowest BCUT2D eigenvalue weighted by Crippen LogP contribution is -2.30. The van der Waals surface area contributed by atoms with Crippen molar-refractivity contribution in [3.05, 3.63) is 29.8 Å². The summed E-state index contributed by atoms with van der Waals surface area (Å²) in [6.07, 6.45) is 7.29. The van der Waals surface area contributed by atoms with Crippen molar-refractivity contribution in [1.29, 1.82) is 0 Å². The minimum Gasteiger partial charge on any atom is -0.508 e. The largest absolute Gasteiger partial charge is 0.508 e. The van der Waals surface area contributed by atoms with Crippen molar-refractivity contribution in [1.82, 2.24) is 0 Å². The molecule has 0 heterocycles. The molecule has 264 valence electrons. The third-order valence-electron chi connectivity index (χ3n) is 8.19. The zero-order valence-electron chi connectivity index (χ0n) is 31.4. The lowest BCUT2D eigenvalue weighted by molar-refractivity contribution is -0.161. The van der Waals surface area contributed by atoms with Gasteiger partial charge in [-0.15, -0.1) is 0 Å². The van der Waals surface area contributed by atoms with Gasteiger partial charge in [0, 0.05) is 21.9 Å². The molecule has 2 atom stereocenters. The van der Waals surface area contributed by atoms with Crippen LogP contribution in [0.1, 0.15) is 120 Å². The van der Waals surface area contributed by atoms with Gasteiger partial charge in [0.15, 0.2) is 6.10 Å². The van der Waals surface area contributed by atoms with Crippen LogP contribution in [0.3, 0.4) is 0 Å². The van der Waals surface area contributed by atoms with Crippen LogP contribution in [0.4, 0.5) is 0 Å². The minimum absolute atomic E-state index is 0.00564. The Morgan fingerprint density at radius 1 is 0.867 bits per heavy atom. The van der Waals surface area contributed by atoms with Crippen LogP contribution in [0.25, 0.3) is 0 Å². The molecule has 1 aliphatic carbocycles. The summed E-state index contributed by atoms with van der Waals surface area (Å²) in [4.78, 5) is 21.4. The van der Waals surface area contributed by atoms with E-state index in [1.165, 1.54) is 38.7 Å². The molecule has 1 saturated carbocycles. The molecule has 2 rings (SSSR count). The van der Waals surface area contributed by atoms with Crippen molar-refractivity contribution in [3.8, 4) is 5.75 Å². The zero-order chi connectivity index (χ0) is 35.4. The second kappa shape index (κ2) is 22.6. The fourth-order valence-corrected chi connectivity index (χ4v) is 4.21. The summed E-state index contributed by atoms with van der Waals surface area (Å²) < 4.78 is 15.1. The number of aliphatic hydroxyl groups is 1. The van der Waals surface area contributed by atoms with Crippen molar-refractivity contribution < 1.29 is 34.0 Å². The SMILES string of the molecule is CCC(C)(C)C1CCC(O)CC1.CCC(C)(C)c1ccc(O)cc1.CCC(C)OCC(COC(C)=O)OC(C)=O.C[Si](C)(C)C. The van der Waals surface area contributed by atoms with Gasteiger partial charge in [0.2, 0.25) is 0 Å². The first-order valence-corrected chi connectivity index (χ1v) is 21.0. The lowest BCUT2D eigenvalue weighted by atomic mass is 9.69. The zero-order valence-corrected chi connectivity index (χ0v) is 32.4. The van der Waals surface area contributed by atoms with E-state index in [0.29, 0.717) is 11.2 Å². The molecule has 1 fully saturated rings. The second-order valence-corrected chi connectivity index (χ2v) is 21.2. The summed E-state index contributed by atoms with van der Waals surface area (Å²) in [5, 5.41) is 18.5. The van der Waals surface area contributed by atoms with E-state index in [1.54, 1.807) is 12.1 Å². The van der Waals surface area contributed by atoms with E-state index in [9.17, 15) is 14.7 Å². The van der Waals surface area contributed by atoms with E-state index in [-0.39, 0.29) is 30.8 Å². The number of benzene rings is 1. The van der Waals surface area contributed by atoms with Gasteiger partial charge in [0.25, 0.3) is 0 Å². The Kier molecular flexibility index (Phi) is 22.7. The normalized spacial score (nSPS) is 17.9. The summed E-state index contributed by atoms with van der Waals surface area (Å²) in [5.74, 6) is 0.363. The van der Waals surface area contributed by atoms with Gasteiger partial charge in [-0.1, -0.05) is 93.2 Å². The molecule has 45 heavy (non-hydrogen) atoms. The number of phenols is 1. The van der Waals surface area contributed by atoms with Gasteiger partial charge >= 0.3 is 11.9 Å². The molecule has 0 spiro atoms. The second-order valence-electron chi connectivity index (χ2n) is 15.2. The smallest absolute Gasteiger partial charge is 0.303 e. The number of rotatable bonds is 11. The molecule has 2 N–H and O–H groups in total. The maximum Gasteiger partial charge on any atom is 0.303 e. The molecule has 0 radical (unpaired) electrons. The summed E-state index contributed by atoms with van der Waals surface area (Å²) in [7, 11) is -0.611. The Bertz CT molecular complexity index is 908. The number of ether oxygens (including phenoxy) is 3. The molecule has 2 unspecified atom stereocenters. The van der Waals surface area contributed by atoms with Crippen LogP contribution in [0.5, 0.6) is 5.75 Å². The van der Waals surface area contributed by atoms with Gasteiger partial charge in [-0.05, 0) is 79.9 Å². The Balaban J connectivity index is 0. The first kappa shape index (κ1) is 45.2. The summed E-state index contributed by atoms with van der Waals surface area (Å²) in [6.45, 7) is 29.7. The van der Waals surface area contributed by atoms with Crippen LogP contribution >= 0.6 is 0 Å². The number of carbonyl (C=O) groups is 2. The average Bonchev–Trinajstić information content (AvgIpc) is 2.94. The predicted molar refractivity (Wildman–Crippen MR) is 191 cm³/mol. The monoisotopic (exact) mass is 654 g/mol. The lowest BCUT2D eigenvalue weighted by Gasteiger charge is -2.37. The van der Waals surface area contributed by atoms with Gasteiger partial charge in [-0.2, -0.15) is 0 Å². The van der Waals surface area contributed by atoms with Gasteiger partial charge in [0.1, 0.15) is 12.4 Å². The van der Waals surface area contributed by atoms with Crippen molar-refractivity contribution >= 4 is 20.0 Å². The Morgan fingerprint density at radius 3 is 1.73 bits per heavy atom. The molecular weight excluding hydrogens is 584 g/mol. The standard InChI is InChI=1S/C11H20O5.C11H22O.C11H16O.C4H12Si/c1-5-8(2)14-6-11(16-10(4)13)7-15-9(3)12;2*1-4-11(2,3)9-5-7-10(12)8-6-9;1-5(2,3)4/h8,11H,5-7H2,1-4H3;9-10,12H,4-8H2,1-3H3;5-8,12H,4H2,1-3H3;1-4H3. The molecule has 1 aromatic rings. The van der Waals surface area contributed by atoms with Gasteiger partial charge in [-0.3, -0.25) is 9.59 Å². The molecule has 0 aromatic heterocycles. The molecular formula is C37H70O7Si. The highest BCUT2D eigenvalue weighted by molar-refractivity contribution is 6.74. The fraction of sp³-hybridized carbons (Fsp3) is 0.784. The first-order valence-electron chi connectivity index (χ1n) is 17.0. The maximum absolute atomic E-state index is 10.8. The van der Waals surface area contributed by atoms with Crippen molar-refractivity contribution in [3.63, 3.8) is 0 Å². The molecule has 1 aliphatic rings. The van der Waals surface area contributed by atoms with E-state index >= 15 is 0 Å². The summed E-state index contributed by atoms with van der Waals surface area (Å²) in [6, 6.07) is 7.46. The molecule has 0 saturated heterocycles. The third-order valence-corrected chi connectivity index (χ3v) is 8.19. The number of aromatic hydroxyl groups is 1. The summed E-state index contributed by atoms with van der Waals surface area (Å²) >= 11 is 0. The minimum atomic E-state index is -0.611. The van der Waals surface area contributed by atoms with Crippen LogP contribution < -0.4 is 0 Å². The molecule has 1 aromatic carbocycles. The van der Waals surface area contributed by atoms with Crippen molar-refractivity contribution in [2.24, 2.45) is 11.3 Å². The Hall–Kier alpha value is -1.90. The number of hydrogen-bond acceptors (Lipinski definition) is 7. The van der Waals surface area contributed by atoms with Crippen molar-refractivity contribution in [2.75, 3.05) is 13.2 Å². The van der Waals surface area contributed by atoms with Crippen LogP contribution in [0.15, 0.2) is 24.3 Å². The molecule has 0 aliphatic heterocycles. The average molecular weight is 655 g/mol. The Labute approximate surface area is 277 Å². The van der Waals surface area contributed by atoms with Crippen LogP contribution in [0, 0.1) is 11.3 Å². The number of carbonyl (C=O) groups excluding carboxylic acids is 2. The van der Waals surface area contributed by atoms with Gasteiger partial charge in [0.05, 0.1) is 18.8 Å².